The Balaban J connectivity index is 1.83. The van der Waals surface area contributed by atoms with E-state index in [-0.39, 0.29) is 0 Å². The minimum Gasteiger partial charge on any atom is -0.496 e. The number of pyridine rings is 1. The fourth-order valence-electron chi connectivity index (χ4n) is 4.44. The lowest BCUT2D eigenvalue weighted by Crippen LogP contribution is -1.97. The Kier molecular flexibility index (Phi) is 5.12. The fourth-order valence-corrected chi connectivity index (χ4v) is 4.70. The predicted octanol–water partition coefficient (Wildman–Crippen LogP) is 7.68. The highest BCUT2D eigenvalue weighted by molar-refractivity contribution is 9.10. The number of methoxy groups -OCH3 is 1. The lowest BCUT2D eigenvalue weighted by molar-refractivity contribution is 0.416. The third-order valence-electron chi connectivity index (χ3n) is 5.99. The van der Waals surface area contributed by atoms with E-state index in [2.05, 4.69) is 58.4 Å². The first-order valence-electron chi connectivity index (χ1n) is 11.0. The highest BCUT2D eigenvalue weighted by atomic mass is 79.9. The van der Waals surface area contributed by atoms with Gasteiger partial charge in [0.2, 0.25) is 0 Å². The molecule has 0 N–H and O–H groups in total. The van der Waals surface area contributed by atoms with E-state index >= 15 is 0 Å². The Morgan fingerprint density at radius 2 is 1.44 bits per heavy atom. The molecule has 164 valence electrons. The van der Waals surface area contributed by atoms with E-state index in [4.69, 9.17) is 14.8 Å². The van der Waals surface area contributed by atoms with E-state index in [9.17, 15) is 0 Å². The number of ether oxygens (including phenoxy) is 1. The minimum atomic E-state index is 0.779. The third kappa shape index (κ3) is 3.37. The standard InChI is InChI=1S/C29H20BrN3O/c1-34-25-14-8-6-12-23(25)28-26-27(19-15-17-20(30)18-16-19)32-33(21-9-3-2-4-10-21)29(26)22-11-5-7-13-24(22)31-28/h2-18H,1H3. The van der Waals surface area contributed by atoms with Crippen molar-refractivity contribution in [3.63, 3.8) is 0 Å². The molecule has 0 atom stereocenters. The van der Waals surface area contributed by atoms with Crippen molar-refractivity contribution in [3.05, 3.63) is 108 Å². The highest BCUT2D eigenvalue weighted by Gasteiger charge is 2.23. The number of halogens is 1. The van der Waals surface area contributed by atoms with Gasteiger partial charge in [-0.3, -0.25) is 0 Å². The number of hydrogen-bond acceptors (Lipinski definition) is 3. The van der Waals surface area contributed by atoms with E-state index in [1.807, 2.05) is 65.3 Å². The number of para-hydroxylation sites is 3. The summed E-state index contributed by atoms with van der Waals surface area (Å²) in [6.07, 6.45) is 0. The molecule has 0 aliphatic carbocycles. The summed E-state index contributed by atoms with van der Waals surface area (Å²) in [7, 11) is 1.69. The summed E-state index contributed by atoms with van der Waals surface area (Å²) in [6, 6.07) is 34.8. The molecule has 0 bridgehead atoms. The predicted molar refractivity (Wildman–Crippen MR) is 141 cm³/mol. The van der Waals surface area contributed by atoms with E-state index in [1.54, 1.807) is 7.11 Å². The Bertz CT molecular complexity index is 1640. The van der Waals surface area contributed by atoms with Gasteiger partial charge in [-0.05, 0) is 42.5 Å². The van der Waals surface area contributed by atoms with Crippen LogP contribution < -0.4 is 4.74 Å². The fraction of sp³-hybridized carbons (Fsp3) is 0.0345. The second kappa shape index (κ2) is 8.43. The zero-order chi connectivity index (χ0) is 23.1. The van der Waals surface area contributed by atoms with Gasteiger partial charge in [-0.1, -0.05) is 76.6 Å². The molecule has 0 saturated carbocycles. The molecule has 0 aliphatic rings. The molecule has 4 aromatic carbocycles. The molecule has 0 aliphatic heterocycles. The zero-order valence-corrected chi connectivity index (χ0v) is 20.0. The van der Waals surface area contributed by atoms with Gasteiger partial charge in [0.1, 0.15) is 11.4 Å². The molecule has 6 aromatic rings. The molecule has 0 unspecified atom stereocenters. The molecular formula is C29H20BrN3O. The third-order valence-corrected chi connectivity index (χ3v) is 6.52. The average Bonchev–Trinajstić information content (AvgIpc) is 3.30. The van der Waals surface area contributed by atoms with Crippen LogP contribution in [0.5, 0.6) is 5.75 Å². The zero-order valence-electron chi connectivity index (χ0n) is 18.4. The lowest BCUT2D eigenvalue weighted by atomic mass is 9.99. The van der Waals surface area contributed by atoms with Crippen LogP contribution >= 0.6 is 15.9 Å². The summed E-state index contributed by atoms with van der Waals surface area (Å²) in [5.74, 6) is 0.779. The summed E-state index contributed by atoms with van der Waals surface area (Å²) < 4.78 is 8.80. The molecule has 34 heavy (non-hydrogen) atoms. The van der Waals surface area contributed by atoms with Gasteiger partial charge in [0, 0.05) is 21.0 Å². The smallest absolute Gasteiger partial charge is 0.128 e. The number of benzene rings is 4. The normalized spacial score (nSPS) is 11.2. The maximum atomic E-state index is 5.74. The first-order chi connectivity index (χ1) is 16.7. The molecule has 0 saturated heterocycles. The van der Waals surface area contributed by atoms with Crippen LogP contribution in [-0.2, 0) is 0 Å². The first-order valence-corrected chi connectivity index (χ1v) is 11.8. The van der Waals surface area contributed by atoms with Crippen LogP contribution in [0.1, 0.15) is 0 Å². The summed E-state index contributed by atoms with van der Waals surface area (Å²) in [5, 5.41) is 7.22. The van der Waals surface area contributed by atoms with Crippen molar-refractivity contribution in [2.24, 2.45) is 0 Å². The van der Waals surface area contributed by atoms with Gasteiger partial charge >= 0.3 is 0 Å². The molecule has 0 amide bonds. The van der Waals surface area contributed by atoms with E-state index in [0.29, 0.717) is 0 Å². The van der Waals surface area contributed by atoms with Gasteiger partial charge in [-0.25, -0.2) is 9.67 Å². The molecule has 2 aromatic heterocycles. The van der Waals surface area contributed by atoms with Crippen LogP contribution in [0.4, 0.5) is 0 Å². The molecule has 0 radical (unpaired) electrons. The molecule has 2 heterocycles. The summed E-state index contributed by atoms with van der Waals surface area (Å²) in [5.41, 5.74) is 6.63. The second-order valence-electron chi connectivity index (χ2n) is 8.00. The van der Waals surface area contributed by atoms with Gasteiger partial charge in [-0.15, -0.1) is 0 Å². The van der Waals surface area contributed by atoms with E-state index in [0.717, 1.165) is 60.2 Å². The molecule has 6 rings (SSSR count). The van der Waals surface area contributed by atoms with Gasteiger partial charge in [0.25, 0.3) is 0 Å². The second-order valence-corrected chi connectivity index (χ2v) is 8.92. The SMILES string of the molecule is COc1ccccc1-c1nc2ccccc2c2c1c(-c1ccc(Br)cc1)nn2-c1ccccc1. The molecule has 0 fully saturated rings. The monoisotopic (exact) mass is 505 g/mol. The van der Waals surface area contributed by atoms with Crippen LogP contribution in [-0.4, -0.2) is 21.9 Å². The molecule has 0 spiro atoms. The summed E-state index contributed by atoms with van der Waals surface area (Å²) in [4.78, 5) is 5.15. The largest absolute Gasteiger partial charge is 0.496 e. The van der Waals surface area contributed by atoms with Gasteiger partial charge in [-0.2, -0.15) is 5.10 Å². The van der Waals surface area contributed by atoms with Gasteiger partial charge in [0.05, 0.1) is 34.9 Å². The van der Waals surface area contributed by atoms with Crippen LogP contribution in [0.2, 0.25) is 0 Å². The molecule has 4 nitrogen and oxygen atoms in total. The minimum absolute atomic E-state index is 0.779. The number of aromatic nitrogens is 3. The van der Waals surface area contributed by atoms with Crippen molar-refractivity contribution in [2.75, 3.05) is 7.11 Å². The maximum Gasteiger partial charge on any atom is 0.128 e. The molecular weight excluding hydrogens is 486 g/mol. The first kappa shape index (κ1) is 20.6. The number of hydrogen-bond donors (Lipinski definition) is 0. The Morgan fingerprint density at radius 1 is 0.735 bits per heavy atom. The average molecular weight is 506 g/mol. The van der Waals surface area contributed by atoms with Gasteiger partial charge < -0.3 is 4.74 Å². The van der Waals surface area contributed by atoms with Crippen molar-refractivity contribution < 1.29 is 4.74 Å². The molecule has 5 heteroatoms. The van der Waals surface area contributed by atoms with Gasteiger partial charge in [0.15, 0.2) is 0 Å². The Hall–Kier alpha value is -3.96. The van der Waals surface area contributed by atoms with E-state index in [1.165, 1.54) is 0 Å². The number of rotatable bonds is 4. The topological polar surface area (TPSA) is 39.9 Å². The maximum absolute atomic E-state index is 5.74. The van der Waals surface area contributed by atoms with Crippen molar-refractivity contribution in [2.45, 2.75) is 0 Å². The van der Waals surface area contributed by atoms with Crippen LogP contribution in [0, 0.1) is 0 Å². The van der Waals surface area contributed by atoms with Crippen molar-refractivity contribution in [3.8, 4) is 34.0 Å². The number of nitrogens with zero attached hydrogens (tertiary/aromatic N) is 3. The van der Waals surface area contributed by atoms with Crippen LogP contribution in [0.15, 0.2) is 108 Å². The highest BCUT2D eigenvalue weighted by Crippen LogP contribution is 2.42. The van der Waals surface area contributed by atoms with Crippen molar-refractivity contribution in [1.29, 1.82) is 0 Å². The Labute approximate surface area is 205 Å². The number of fused-ring (bicyclic) bond motifs is 3. The van der Waals surface area contributed by atoms with E-state index < -0.39 is 0 Å². The lowest BCUT2D eigenvalue weighted by Gasteiger charge is -2.12. The van der Waals surface area contributed by atoms with Crippen molar-refractivity contribution >= 4 is 37.7 Å². The van der Waals surface area contributed by atoms with Crippen LogP contribution in [0.3, 0.4) is 0 Å². The summed E-state index contributed by atoms with van der Waals surface area (Å²) >= 11 is 3.56. The van der Waals surface area contributed by atoms with Crippen molar-refractivity contribution in [1.82, 2.24) is 14.8 Å². The van der Waals surface area contributed by atoms with Crippen LogP contribution in [0.25, 0.3) is 50.0 Å². The quantitative estimate of drug-likeness (QED) is 0.246. The summed E-state index contributed by atoms with van der Waals surface area (Å²) in [6.45, 7) is 0. The Morgan fingerprint density at radius 3 is 2.24 bits per heavy atom.